The number of halogens is 2. The molecule has 2 heterocycles. The molecule has 0 unspecified atom stereocenters. The molecule has 5 nitrogen and oxygen atoms in total. The van der Waals surface area contributed by atoms with Gasteiger partial charge < -0.3 is 10.6 Å². The Morgan fingerprint density at radius 2 is 2.10 bits per heavy atom. The van der Waals surface area contributed by atoms with Crippen molar-refractivity contribution in [3.05, 3.63) is 27.6 Å². The molecule has 0 atom stereocenters. The summed E-state index contributed by atoms with van der Waals surface area (Å²) in [7, 11) is 0. The second kappa shape index (κ2) is 5.65. The third kappa shape index (κ3) is 2.78. The van der Waals surface area contributed by atoms with E-state index in [4.69, 9.17) is 5.73 Å². The highest BCUT2D eigenvalue weighted by Crippen LogP contribution is 2.25. The Balaban J connectivity index is 1.83. The van der Waals surface area contributed by atoms with E-state index in [2.05, 4.69) is 42.7 Å². The fourth-order valence-corrected chi connectivity index (χ4v) is 3.03. The predicted octanol–water partition coefficient (Wildman–Crippen LogP) is 2.14. The number of piperidine rings is 1. The number of nitrogens with two attached hydrogens (primary N) is 1. The van der Waals surface area contributed by atoms with E-state index in [1.807, 2.05) is 0 Å². The first-order valence-electron chi connectivity index (χ1n) is 6.52. The first kappa shape index (κ1) is 13.7. The SMILES string of the molecule is NC1CCN(c2n[nH]c(-c3ccc(F)cc3I)n2)CC1. The number of hydrogen-bond donors (Lipinski definition) is 2. The maximum atomic E-state index is 13.1. The van der Waals surface area contributed by atoms with E-state index >= 15 is 0 Å². The molecule has 0 bridgehead atoms. The number of anilines is 1. The minimum Gasteiger partial charge on any atom is -0.339 e. The standard InChI is InChI=1S/C13H15FIN5/c14-8-1-2-10(11(15)7-8)12-17-13(19-18-12)20-5-3-9(16)4-6-20/h1-2,7,9H,3-6,16H2,(H,17,18,19). The van der Waals surface area contributed by atoms with Crippen LogP contribution in [0.4, 0.5) is 10.3 Å². The molecule has 106 valence electrons. The van der Waals surface area contributed by atoms with Crippen LogP contribution in [0.2, 0.25) is 0 Å². The summed E-state index contributed by atoms with van der Waals surface area (Å²) in [5.41, 5.74) is 6.75. The molecule has 0 aliphatic carbocycles. The number of nitrogens with zero attached hydrogens (tertiary/aromatic N) is 3. The molecule has 1 aliphatic rings. The Labute approximate surface area is 129 Å². The van der Waals surface area contributed by atoms with E-state index in [9.17, 15) is 4.39 Å². The Morgan fingerprint density at radius 1 is 1.35 bits per heavy atom. The zero-order valence-electron chi connectivity index (χ0n) is 10.8. The smallest absolute Gasteiger partial charge is 0.245 e. The summed E-state index contributed by atoms with van der Waals surface area (Å²) >= 11 is 2.10. The fraction of sp³-hybridized carbons (Fsp3) is 0.385. The lowest BCUT2D eigenvalue weighted by Crippen LogP contribution is -2.40. The monoisotopic (exact) mass is 387 g/mol. The summed E-state index contributed by atoms with van der Waals surface area (Å²) in [6.07, 6.45) is 1.91. The van der Waals surface area contributed by atoms with Crippen LogP contribution in [-0.4, -0.2) is 34.3 Å². The lowest BCUT2D eigenvalue weighted by Gasteiger charge is -2.28. The molecule has 0 amide bonds. The number of benzene rings is 1. The van der Waals surface area contributed by atoms with Crippen LogP contribution in [0.15, 0.2) is 18.2 Å². The van der Waals surface area contributed by atoms with Gasteiger partial charge in [0.2, 0.25) is 5.95 Å². The van der Waals surface area contributed by atoms with Crippen LogP contribution >= 0.6 is 22.6 Å². The second-order valence-corrected chi connectivity index (χ2v) is 6.09. The van der Waals surface area contributed by atoms with Gasteiger partial charge >= 0.3 is 0 Å². The molecule has 20 heavy (non-hydrogen) atoms. The normalized spacial score (nSPS) is 16.6. The van der Waals surface area contributed by atoms with Gasteiger partial charge in [-0.3, -0.25) is 5.10 Å². The van der Waals surface area contributed by atoms with E-state index in [0.717, 1.165) is 35.1 Å². The van der Waals surface area contributed by atoms with Crippen molar-refractivity contribution < 1.29 is 4.39 Å². The molecule has 7 heteroatoms. The number of rotatable bonds is 2. The Morgan fingerprint density at radius 3 is 2.80 bits per heavy atom. The number of H-pyrrole nitrogens is 1. The molecule has 1 aromatic heterocycles. The van der Waals surface area contributed by atoms with Crippen molar-refractivity contribution in [3.63, 3.8) is 0 Å². The quantitative estimate of drug-likeness (QED) is 0.775. The minimum atomic E-state index is -0.247. The minimum absolute atomic E-state index is 0.247. The molecule has 2 aromatic rings. The maximum absolute atomic E-state index is 13.1. The van der Waals surface area contributed by atoms with Crippen LogP contribution < -0.4 is 10.6 Å². The Bertz CT molecular complexity index is 607. The van der Waals surface area contributed by atoms with Gasteiger partial charge in [-0.25, -0.2) is 4.39 Å². The topological polar surface area (TPSA) is 70.8 Å². The number of aromatic amines is 1. The van der Waals surface area contributed by atoms with Gasteiger partial charge in [0.15, 0.2) is 5.82 Å². The highest BCUT2D eigenvalue weighted by molar-refractivity contribution is 14.1. The van der Waals surface area contributed by atoms with Gasteiger partial charge in [-0.15, -0.1) is 5.10 Å². The molecule has 1 fully saturated rings. The molecule has 3 rings (SSSR count). The van der Waals surface area contributed by atoms with Crippen LogP contribution in [0.25, 0.3) is 11.4 Å². The summed E-state index contributed by atoms with van der Waals surface area (Å²) in [5.74, 6) is 1.11. The van der Waals surface area contributed by atoms with Gasteiger partial charge in [-0.2, -0.15) is 4.98 Å². The maximum Gasteiger partial charge on any atom is 0.245 e. The zero-order chi connectivity index (χ0) is 14.1. The van der Waals surface area contributed by atoms with Crippen LogP contribution in [0.3, 0.4) is 0 Å². The first-order valence-corrected chi connectivity index (χ1v) is 7.60. The van der Waals surface area contributed by atoms with Crippen molar-refractivity contribution in [2.24, 2.45) is 5.73 Å². The zero-order valence-corrected chi connectivity index (χ0v) is 13.0. The number of aromatic nitrogens is 3. The molecule has 1 aliphatic heterocycles. The van der Waals surface area contributed by atoms with Crippen LogP contribution in [-0.2, 0) is 0 Å². The summed E-state index contributed by atoms with van der Waals surface area (Å²) < 4.78 is 13.9. The molecule has 0 saturated carbocycles. The lowest BCUT2D eigenvalue weighted by molar-refractivity contribution is 0.496. The van der Waals surface area contributed by atoms with Crippen molar-refractivity contribution in [1.82, 2.24) is 15.2 Å². The Kier molecular flexibility index (Phi) is 3.88. The largest absolute Gasteiger partial charge is 0.339 e. The van der Waals surface area contributed by atoms with Crippen molar-refractivity contribution in [1.29, 1.82) is 0 Å². The second-order valence-electron chi connectivity index (χ2n) is 4.93. The molecule has 3 N–H and O–H groups in total. The predicted molar refractivity (Wildman–Crippen MR) is 83.9 cm³/mol. The van der Waals surface area contributed by atoms with Gasteiger partial charge in [-0.05, 0) is 53.6 Å². The van der Waals surface area contributed by atoms with Gasteiger partial charge in [0.1, 0.15) is 5.82 Å². The van der Waals surface area contributed by atoms with Gasteiger partial charge in [0.25, 0.3) is 0 Å². The van der Waals surface area contributed by atoms with E-state index < -0.39 is 0 Å². The van der Waals surface area contributed by atoms with Crippen LogP contribution in [0, 0.1) is 9.39 Å². The van der Waals surface area contributed by atoms with Crippen molar-refractivity contribution in [3.8, 4) is 11.4 Å². The first-order chi connectivity index (χ1) is 9.63. The highest BCUT2D eigenvalue weighted by atomic mass is 127. The number of hydrogen-bond acceptors (Lipinski definition) is 4. The van der Waals surface area contributed by atoms with Gasteiger partial charge in [-0.1, -0.05) is 0 Å². The third-order valence-electron chi connectivity index (χ3n) is 3.48. The highest BCUT2D eigenvalue weighted by Gasteiger charge is 2.20. The van der Waals surface area contributed by atoms with E-state index in [-0.39, 0.29) is 11.9 Å². The van der Waals surface area contributed by atoms with Crippen LogP contribution in [0.1, 0.15) is 12.8 Å². The Hall–Kier alpha value is -1.22. The summed E-state index contributed by atoms with van der Waals surface area (Å²) in [5, 5.41) is 7.19. The van der Waals surface area contributed by atoms with Crippen LogP contribution in [0.5, 0.6) is 0 Å². The van der Waals surface area contributed by atoms with Crippen molar-refractivity contribution in [2.45, 2.75) is 18.9 Å². The average Bonchev–Trinajstić information content (AvgIpc) is 2.89. The third-order valence-corrected chi connectivity index (χ3v) is 4.37. The summed E-state index contributed by atoms with van der Waals surface area (Å²) in [4.78, 5) is 6.64. The molecule has 0 radical (unpaired) electrons. The average molecular weight is 387 g/mol. The van der Waals surface area contributed by atoms with Crippen molar-refractivity contribution in [2.75, 3.05) is 18.0 Å². The number of nitrogens with one attached hydrogen (secondary N) is 1. The molecule has 1 saturated heterocycles. The van der Waals surface area contributed by atoms with E-state index in [1.165, 1.54) is 12.1 Å². The summed E-state index contributed by atoms with van der Waals surface area (Å²) in [6, 6.07) is 4.91. The summed E-state index contributed by atoms with van der Waals surface area (Å²) in [6.45, 7) is 1.75. The van der Waals surface area contributed by atoms with Gasteiger partial charge in [0.05, 0.1) is 0 Å². The molecule has 0 spiro atoms. The van der Waals surface area contributed by atoms with E-state index in [1.54, 1.807) is 6.07 Å². The molecular weight excluding hydrogens is 372 g/mol. The van der Waals surface area contributed by atoms with E-state index in [0.29, 0.717) is 11.8 Å². The fourth-order valence-electron chi connectivity index (χ4n) is 2.30. The van der Waals surface area contributed by atoms with Gasteiger partial charge in [0, 0.05) is 28.3 Å². The molecular formula is C13H15FIN5. The van der Waals surface area contributed by atoms with Crippen molar-refractivity contribution >= 4 is 28.5 Å². The molecule has 1 aromatic carbocycles. The lowest BCUT2D eigenvalue weighted by atomic mass is 10.1.